The summed E-state index contributed by atoms with van der Waals surface area (Å²) in [5.41, 5.74) is 1.50. The van der Waals surface area contributed by atoms with Gasteiger partial charge in [-0.15, -0.1) is 0 Å². The summed E-state index contributed by atoms with van der Waals surface area (Å²) in [6, 6.07) is 16.7. The highest BCUT2D eigenvalue weighted by molar-refractivity contribution is 7.92. The Balaban J connectivity index is 2.10. The summed E-state index contributed by atoms with van der Waals surface area (Å²) in [4.78, 5) is 28.6. The number of rotatable bonds is 12. The van der Waals surface area contributed by atoms with Crippen LogP contribution in [0.5, 0.6) is 5.75 Å². The van der Waals surface area contributed by atoms with Crippen LogP contribution in [0.2, 0.25) is 10.0 Å². The molecule has 8 nitrogen and oxygen atoms in total. The van der Waals surface area contributed by atoms with Crippen LogP contribution in [0.4, 0.5) is 5.69 Å². The zero-order valence-electron chi connectivity index (χ0n) is 23.7. The van der Waals surface area contributed by atoms with Crippen LogP contribution < -0.4 is 14.4 Å². The minimum absolute atomic E-state index is 0.00469. The molecule has 11 heteroatoms. The number of anilines is 1. The molecule has 0 saturated carbocycles. The number of amides is 2. The summed E-state index contributed by atoms with van der Waals surface area (Å²) in [5.74, 6) is -0.755. The first-order valence-corrected chi connectivity index (χ1v) is 15.3. The fourth-order valence-corrected chi connectivity index (χ4v) is 6.03. The highest BCUT2D eigenvalue weighted by atomic mass is 35.5. The first kappa shape index (κ1) is 32.2. The lowest BCUT2D eigenvalue weighted by atomic mass is 10.1. The molecule has 2 amide bonds. The van der Waals surface area contributed by atoms with Crippen molar-refractivity contribution in [3.8, 4) is 5.75 Å². The molecule has 0 radical (unpaired) electrons. The van der Waals surface area contributed by atoms with Gasteiger partial charge >= 0.3 is 0 Å². The molecule has 220 valence electrons. The molecule has 0 aromatic heterocycles. The van der Waals surface area contributed by atoms with Gasteiger partial charge in [-0.1, -0.05) is 66.0 Å². The minimum Gasteiger partial charge on any atom is -0.495 e. The average Bonchev–Trinajstić information content (AvgIpc) is 2.95. The van der Waals surface area contributed by atoms with Crippen LogP contribution in [0.25, 0.3) is 0 Å². The van der Waals surface area contributed by atoms with Crippen LogP contribution in [0.3, 0.4) is 0 Å². The molecule has 41 heavy (non-hydrogen) atoms. The number of ether oxygens (including phenoxy) is 1. The third kappa shape index (κ3) is 7.72. The van der Waals surface area contributed by atoms with E-state index in [4.69, 9.17) is 27.9 Å². The second-order valence-corrected chi connectivity index (χ2v) is 12.4. The molecule has 0 aliphatic rings. The fourth-order valence-electron chi connectivity index (χ4n) is 4.09. The first-order valence-electron chi connectivity index (χ1n) is 13.2. The van der Waals surface area contributed by atoms with Gasteiger partial charge in [-0.05, 0) is 63.6 Å². The number of benzene rings is 3. The number of aryl methyl sites for hydroxylation is 1. The Morgan fingerprint density at radius 2 is 1.56 bits per heavy atom. The number of para-hydroxylation sites is 2. The largest absolute Gasteiger partial charge is 0.495 e. The molecule has 0 spiro atoms. The monoisotopic (exact) mass is 619 g/mol. The summed E-state index contributed by atoms with van der Waals surface area (Å²) < 4.78 is 34.5. The molecule has 1 N–H and O–H groups in total. The molecule has 0 heterocycles. The quantitative estimate of drug-likeness (QED) is 0.275. The standard InChI is InChI=1S/C30H35Cl2N3O5S/c1-6-21(3)33-30(37)22(4)34(18-24-25(31)10-9-11-26(24)32)29(36)19-35(27-12-7-8-13-28(27)40-5)41(38,39)23-16-14-20(2)15-17-23/h7-17,21-22H,6,18-19H2,1-5H3,(H,33,37). The van der Waals surface area contributed by atoms with Crippen molar-refractivity contribution in [1.82, 2.24) is 10.2 Å². The zero-order valence-corrected chi connectivity index (χ0v) is 26.1. The van der Waals surface area contributed by atoms with Crippen molar-refractivity contribution in [2.45, 2.75) is 57.6 Å². The smallest absolute Gasteiger partial charge is 0.264 e. The molecule has 3 aromatic carbocycles. The molecule has 3 aromatic rings. The van der Waals surface area contributed by atoms with Crippen molar-refractivity contribution in [3.63, 3.8) is 0 Å². The summed E-state index contributed by atoms with van der Waals surface area (Å²) in [6.45, 7) is 6.50. The maximum Gasteiger partial charge on any atom is 0.264 e. The van der Waals surface area contributed by atoms with E-state index < -0.39 is 28.5 Å². The van der Waals surface area contributed by atoms with Gasteiger partial charge in [-0.2, -0.15) is 0 Å². The number of nitrogens with zero attached hydrogens (tertiary/aromatic N) is 2. The number of nitrogens with one attached hydrogen (secondary N) is 1. The van der Waals surface area contributed by atoms with Gasteiger partial charge in [-0.3, -0.25) is 13.9 Å². The van der Waals surface area contributed by atoms with Gasteiger partial charge in [0.25, 0.3) is 10.0 Å². The van der Waals surface area contributed by atoms with Gasteiger partial charge in [0, 0.05) is 28.2 Å². The third-order valence-electron chi connectivity index (χ3n) is 6.80. The lowest BCUT2D eigenvalue weighted by Gasteiger charge is -2.33. The predicted molar refractivity (Wildman–Crippen MR) is 163 cm³/mol. The molecule has 0 aliphatic carbocycles. The second kappa shape index (κ2) is 14.1. The van der Waals surface area contributed by atoms with Crippen LogP contribution in [-0.4, -0.2) is 50.9 Å². The Bertz CT molecular complexity index is 1460. The number of methoxy groups -OCH3 is 1. The SMILES string of the molecule is CCC(C)NC(=O)C(C)N(Cc1c(Cl)cccc1Cl)C(=O)CN(c1ccccc1OC)S(=O)(=O)c1ccc(C)cc1. The Morgan fingerprint density at radius 3 is 2.15 bits per heavy atom. The van der Waals surface area contributed by atoms with E-state index in [0.717, 1.165) is 9.87 Å². The van der Waals surface area contributed by atoms with Gasteiger partial charge in [0.05, 0.1) is 17.7 Å². The maximum absolute atomic E-state index is 14.1. The number of sulfonamides is 1. The Kier molecular flexibility index (Phi) is 11.1. The van der Waals surface area contributed by atoms with Gasteiger partial charge in [0.1, 0.15) is 18.3 Å². The Morgan fingerprint density at radius 1 is 0.951 bits per heavy atom. The minimum atomic E-state index is -4.24. The van der Waals surface area contributed by atoms with Crippen molar-refractivity contribution < 1.29 is 22.7 Å². The number of hydrogen-bond acceptors (Lipinski definition) is 5. The Labute approximate surface area is 252 Å². The molecular weight excluding hydrogens is 585 g/mol. The van der Waals surface area contributed by atoms with Crippen LogP contribution in [0.1, 0.15) is 38.3 Å². The lowest BCUT2D eigenvalue weighted by molar-refractivity contribution is -0.139. The normalized spacial score (nSPS) is 12.8. The van der Waals surface area contributed by atoms with Gasteiger partial charge in [0.2, 0.25) is 11.8 Å². The molecule has 3 rings (SSSR count). The molecule has 0 aliphatic heterocycles. The van der Waals surface area contributed by atoms with Gasteiger partial charge in [-0.25, -0.2) is 8.42 Å². The number of carbonyl (C=O) groups excluding carboxylic acids is 2. The second-order valence-electron chi connectivity index (χ2n) is 9.71. The first-order chi connectivity index (χ1) is 19.4. The summed E-state index contributed by atoms with van der Waals surface area (Å²) in [6.07, 6.45) is 0.694. The van der Waals surface area contributed by atoms with Crippen molar-refractivity contribution in [1.29, 1.82) is 0 Å². The van der Waals surface area contributed by atoms with Crippen molar-refractivity contribution in [3.05, 3.63) is 87.9 Å². The lowest BCUT2D eigenvalue weighted by Crippen LogP contribution is -2.52. The molecule has 2 unspecified atom stereocenters. The Hall–Kier alpha value is -3.27. The molecule has 0 fully saturated rings. The van der Waals surface area contributed by atoms with Crippen molar-refractivity contribution in [2.75, 3.05) is 18.0 Å². The molecular formula is C30H35Cl2N3O5S. The summed E-state index contributed by atoms with van der Waals surface area (Å²) in [7, 11) is -2.82. The van der Waals surface area contributed by atoms with Crippen molar-refractivity contribution in [2.24, 2.45) is 0 Å². The maximum atomic E-state index is 14.1. The van der Waals surface area contributed by atoms with Crippen LogP contribution in [-0.2, 0) is 26.2 Å². The molecule has 2 atom stereocenters. The van der Waals surface area contributed by atoms with E-state index in [9.17, 15) is 18.0 Å². The topological polar surface area (TPSA) is 96.0 Å². The van der Waals surface area contributed by atoms with Crippen LogP contribution in [0.15, 0.2) is 71.6 Å². The van der Waals surface area contributed by atoms with E-state index in [1.54, 1.807) is 61.5 Å². The van der Waals surface area contributed by atoms with Gasteiger partial charge in [0.15, 0.2) is 0 Å². The summed E-state index contributed by atoms with van der Waals surface area (Å²) in [5, 5.41) is 3.53. The van der Waals surface area contributed by atoms with E-state index >= 15 is 0 Å². The van der Waals surface area contributed by atoms with E-state index in [1.807, 2.05) is 20.8 Å². The van der Waals surface area contributed by atoms with E-state index in [1.165, 1.54) is 24.1 Å². The molecule has 0 saturated heterocycles. The highest BCUT2D eigenvalue weighted by Crippen LogP contribution is 2.33. The average molecular weight is 621 g/mol. The van der Waals surface area contributed by atoms with Crippen LogP contribution in [0, 0.1) is 6.92 Å². The summed E-state index contributed by atoms with van der Waals surface area (Å²) >= 11 is 12.9. The molecule has 0 bridgehead atoms. The van der Waals surface area contributed by atoms with E-state index in [0.29, 0.717) is 22.0 Å². The number of hydrogen-bond donors (Lipinski definition) is 1. The predicted octanol–water partition coefficient (Wildman–Crippen LogP) is 5.84. The zero-order chi connectivity index (χ0) is 30.3. The number of carbonyl (C=O) groups is 2. The van der Waals surface area contributed by atoms with Crippen molar-refractivity contribution >= 4 is 50.7 Å². The third-order valence-corrected chi connectivity index (χ3v) is 9.28. The van der Waals surface area contributed by atoms with E-state index in [-0.39, 0.29) is 34.8 Å². The van der Waals surface area contributed by atoms with Gasteiger partial charge < -0.3 is 15.0 Å². The van der Waals surface area contributed by atoms with Crippen LogP contribution >= 0.6 is 23.2 Å². The highest BCUT2D eigenvalue weighted by Gasteiger charge is 2.34. The fraction of sp³-hybridized carbons (Fsp3) is 0.333. The van der Waals surface area contributed by atoms with E-state index in [2.05, 4.69) is 5.32 Å². The number of halogens is 2.